The molecule has 13 heteroatoms. The third-order valence-electron chi connectivity index (χ3n) is 5.84. The van der Waals surface area contributed by atoms with Crippen LogP contribution in [-0.4, -0.2) is 61.9 Å². The molecule has 2 N–H and O–H groups in total. The van der Waals surface area contributed by atoms with E-state index in [0.29, 0.717) is 18.8 Å². The van der Waals surface area contributed by atoms with Crippen LogP contribution in [0.2, 0.25) is 0 Å². The van der Waals surface area contributed by atoms with Crippen molar-refractivity contribution in [1.29, 1.82) is 0 Å². The number of likely N-dealkylation sites (tertiary alicyclic amines) is 1. The van der Waals surface area contributed by atoms with Crippen molar-refractivity contribution in [2.75, 3.05) is 36.4 Å². The molecule has 2 saturated heterocycles. The van der Waals surface area contributed by atoms with Crippen LogP contribution in [0, 0.1) is 0 Å². The molecule has 8 nitrogen and oxygen atoms in total. The predicted octanol–water partition coefficient (Wildman–Crippen LogP) is 3.80. The Balaban J connectivity index is 1.39. The minimum absolute atomic E-state index is 0.0116. The maximum Gasteiger partial charge on any atom is 0.416 e. The molecule has 5 rings (SSSR count). The minimum Gasteiger partial charge on any atom is -0.351 e. The lowest BCUT2D eigenvalue weighted by atomic mass is 10.0. The van der Waals surface area contributed by atoms with Gasteiger partial charge in [0.2, 0.25) is 5.95 Å². The summed E-state index contributed by atoms with van der Waals surface area (Å²) in [5, 5.41) is 2.79. The highest BCUT2D eigenvalue weighted by Crippen LogP contribution is 2.35. The molecule has 1 unspecified atom stereocenters. The molecule has 2 aliphatic heterocycles. The lowest BCUT2D eigenvalue weighted by molar-refractivity contribution is -0.137. The third kappa shape index (κ3) is 4.93. The van der Waals surface area contributed by atoms with E-state index in [1.807, 2.05) is 6.20 Å². The Kier molecular flexibility index (Phi) is 5.58. The summed E-state index contributed by atoms with van der Waals surface area (Å²) in [6, 6.07) is 3.39. The van der Waals surface area contributed by atoms with Gasteiger partial charge >= 0.3 is 6.18 Å². The van der Waals surface area contributed by atoms with Gasteiger partial charge < -0.3 is 15.2 Å². The largest absolute Gasteiger partial charge is 0.416 e. The van der Waals surface area contributed by atoms with Crippen LogP contribution in [0.5, 0.6) is 0 Å². The van der Waals surface area contributed by atoms with E-state index in [1.54, 1.807) is 12.4 Å². The standard InChI is InChI=1S/C21H21F5N8/c22-20(23)10-34(11-20)19-30-16(13-2-4-33(8-13)9-15-7-27-12-29-15)6-18(32-19)31-17-5-14(1-3-28-17)21(24,25)26/h1,3,5-7,12-13H,2,4,8-11H2,(H,27,29)(H,28,30,31,32). The highest BCUT2D eigenvalue weighted by atomic mass is 19.4. The Labute approximate surface area is 191 Å². The molecule has 0 aromatic carbocycles. The number of rotatable bonds is 6. The van der Waals surface area contributed by atoms with Crippen LogP contribution < -0.4 is 10.2 Å². The molecule has 3 aromatic rings. The summed E-state index contributed by atoms with van der Waals surface area (Å²) in [4.78, 5) is 23.5. The summed E-state index contributed by atoms with van der Waals surface area (Å²) in [6.45, 7) is 1.13. The molecule has 180 valence electrons. The number of imidazole rings is 1. The molecule has 0 spiro atoms. The minimum atomic E-state index is -4.52. The Morgan fingerprint density at radius 3 is 2.65 bits per heavy atom. The van der Waals surface area contributed by atoms with Gasteiger partial charge in [-0.15, -0.1) is 0 Å². The van der Waals surface area contributed by atoms with Crippen molar-refractivity contribution in [3.8, 4) is 0 Å². The fourth-order valence-electron chi connectivity index (χ4n) is 4.15. The van der Waals surface area contributed by atoms with Crippen molar-refractivity contribution in [1.82, 2.24) is 29.8 Å². The van der Waals surface area contributed by atoms with E-state index < -0.39 is 30.8 Å². The molecular formula is C21H21F5N8. The fourth-order valence-corrected chi connectivity index (χ4v) is 4.15. The average Bonchev–Trinajstić information content (AvgIpc) is 3.44. The van der Waals surface area contributed by atoms with Crippen molar-refractivity contribution < 1.29 is 22.0 Å². The number of H-pyrrole nitrogens is 1. The zero-order valence-electron chi connectivity index (χ0n) is 17.9. The first-order valence-corrected chi connectivity index (χ1v) is 10.7. The van der Waals surface area contributed by atoms with E-state index in [2.05, 4.69) is 35.1 Å². The molecule has 0 radical (unpaired) electrons. The highest BCUT2D eigenvalue weighted by molar-refractivity contribution is 5.56. The summed E-state index contributed by atoms with van der Waals surface area (Å²) in [5.74, 6) is -2.54. The lowest BCUT2D eigenvalue weighted by Gasteiger charge is -2.38. The number of nitrogens with zero attached hydrogens (tertiary/aromatic N) is 6. The van der Waals surface area contributed by atoms with Crippen LogP contribution in [-0.2, 0) is 12.7 Å². The number of aromatic amines is 1. The summed E-state index contributed by atoms with van der Waals surface area (Å²) in [5.41, 5.74) is 0.690. The van der Waals surface area contributed by atoms with E-state index in [0.717, 1.165) is 37.0 Å². The summed E-state index contributed by atoms with van der Waals surface area (Å²) < 4.78 is 66.2. The first kappa shape index (κ1) is 22.4. The van der Waals surface area contributed by atoms with Crippen LogP contribution in [0.25, 0.3) is 0 Å². The number of aromatic nitrogens is 5. The molecule has 5 heterocycles. The molecule has 0 amide bonds. The van der Waals surface area contributed by atoms with Crippen molar-refractivity contribution in [2.45, 2.75) is 31.0 Å². The fraction of sp³-hybridized carbons (Fsp3) is 0.429. The SMILES string of the molecule is FC1(F)CN(c2nc(Nc3cc(C(F)(F)F)ccn3)cc(C3CCN(Cc4c[nH]cn4)C3)n2)C1. The molecule has 2 fully saturated rings. The quantitative estimate of drug-likeness (QED) is 0.519. The molecule has 3 aromatic heterocycles. The van der Waals surface area contributed by atoms with Crippen molar-refractivity contribution in [3.05, 3.63) is 53.9 Å². The summed E-state index contributed by atoms with van der Waals surface area (Å²) in [7, 11) is 0. The number of pyridine rings is 1. The Morgan fingerprint density at radius 2 is 1.94 bits per heavy atom. The van der Waals surface area contributed by atoms with Gasteiger partial charge in [0.05, 0.1) is 36.4 Å². The topological polar surface area (TPSA) is 85.9 Å². The van der Waals surface area contributed by atoms with Crippen LogP contribution in [0.15, 0.2) is 36.9 Å². The molecule has 0 bridgehead atoms. The van der Waals surface area contributed by atoms with E-state index >= 15 is 0 Å². The second-order valence-electron chi connectivity index (χ2n) is 8.52. The van der Waals surface area contributed by atoms with Gasteiger partial charge in [-0.05, 0) is 25.1 Å². The maximum atomic E-state index is 13.5. The molecule has 1 atom stereocenters. The molecular weight excluding hydrogens is 459 g/mol. The normalized spacial score (nSPS) is 20.4. The molecule has 0 aliphatic carbocycles. The zero-order valence-corrected chi connectivity index (χ0v) is 17.9. The van der Waals surface area contributed by atoms with Crippen molar-refractivity contribution in [3.63, 3.8) is 0 Å². The van der Waals surface area contributed by atoms with Gasteiger partial charge in [0.15, 0.2) is 0 Å². The number of anilines is 3. The summed E-state index contributed by atoms with van der Waals surface area (Å²) >= 11 is 0. The van der Waals surface area contributed by atoms with E-state index in [4.69, 9.17) is 0 Å². The zero-order chi connectivity index (χ0) is 23.9. The van der Waals surface area contributed by atoms with Crippen LogP contribution >= 0.6 is 0 Å². The van der Waals surface area contributed by atoms with E-state index in [1.165, 1.54) is 4.90 Å². The first-order chi connectivity index (χ1) is 16.1. The van der Waals surface area contributed by atoms with Gasteiger partial charge in [-0.1, -0.05) is 0 Å². The Bertz CT molecular complexity index is 1140. The summed E-state index contributed by atoms with van der Waals surface area (Å²) in [6.07, 6.45) is 0.755. The lowest BCUT2D eigenvalue weighted by Crippen LogP contribution is -2.57. The molecule has 0 saturated carbocycles. The Hall–Kier alpha value is -3.35. The predicted molar refractivity (Wildman–Crippen MR) is 113 cm³/mol. The van der Waals surface area contributed by atoms with Gasteiger partial charge in [-0.25, -0.2) is 23.7 Å². The van der Waals surface area contributed by atoms with Gasteiger partial charge in [0, 0.05) is 37.5 Å². The van der Waals surface area contributed by atoms with Crippen molar-refractivity contribution in [2.24, 2.45) is 0 Å². The number of halogens is 5. The van der Waals surface area contributed by atoms with Crippen molar-refractivity contribution >= 4 is 17.6 Å². The van der Waals surface area contributed by atoms with E-state index in [9.17, 15) is 22.0 Å². The number of nitrogens with one attached hydrogen (secondary N) is 2. The van der Waals surface area contributed by atoms with Gasteiger partial charge in [-0.2, -0.15) is 18.2 Å². The first-order valence-electron chi connectivity index (χ1n) is 10.7. The third-order valence-corrected chi connectivity index (χ3v) is 5.84. The van der Waals surface area contributed by atoms with Crippen LogP contribution in [0.3, 0.4) is 0 Å². The van der Waals surface area contributed by atoms with Gasteiger partial charge in [0.1, 0.15) is 11.6 Å². The number of alkyl halides is 5. The smallest absolute Gasteiger partial charge is 0.351 e. The van der Waals surface area contributed by atoms with Gasteiger partial charge in [0.25, 0.3) is 5.92 Å². The van der Waals surface area contributed by atoms with Gasteiger partial charge in [-0.3, -0.25) is 4.90 Å². The monoisotopic (exact) mass is 480 g/mol. The second kappa shape index (κ2) is 8.46. The average molecular weight is 480 g/mol. The van der Waals surface area contributed by atoms with Crippen LogP contribution in [0.1, 0.15) is 29.3 Å². The maximum absolute atomic E-state index is 13.5. The number of hydrogen-bond donors (Lipinski definition) is 2. The number of hydrogen-bond acceptors (Lipinski definition) is 7. The van der Waals surface area contributed by atoms with E-state index in [-0.39, 0.29) is 23.5 Å². The Morgan fingerprint density at radius 1 is 1.12 bits per heavy atom. The molecule has 34 heavy (non-hydrogen) atoms. The van der Waals surface area contributed by atoms with Crippen LogP contribution in [0.4, 0.5) is 39.5 Å². The second-order valence-corrected chi connectivity index (χ2v) is 8.52. The molecule has 2 aliphatic rings. The highest BCUT2D eigenvalue weighted by Gasteiger charge is 2.45.